The van der Waals surface area contributed by atoms with Gasteiger partial charge in [-0.3, -0.25) is 0 Å². The topological polar surface area (TPSA) is 50.4 Å². The standard InChI is InChI=1S/C15H20N2O2/c18-15(16-12-6-2-3-7-12)17-13-9-11-5-1-4-8-14(11)19-10-13/h1,4-5,8,12-13H,2-3,6-7,9-10H2,(H2,16,17,18). The smallest absolute Gasteiger partial charge is 0.315 e. The van der Waals surface area contributed by atoms with Crippen LogP contribution in [0.25, 0.3) is 0 Å². The number of amides is 2. The Morgan fingerprint density at radius 2 is 1.84 bits per heavy atom. The molecule has 0 saturated heterocycles. The zero-order valence-corrected chi connectivity index (χ0v) is 11.0. The van der Waals surface area contributed by atoms with E-state index in [-0.39, 0.29) is 12.1 Å². The lowest BCUT2D eigenvalue weighted by molar-refractivity contribution is 0.212. The number of rotatable bonds is 2. The third-order valence-electron chi connectivity index (χ3n) is 3.90. The third-order valence-corrected chi connectivity index (χ3v) is 3.90. The van der Waals surface area contributed by atoms with E-state index in [2.05, 4.69) is 16.7 Å². The molecule has 1 atom stereocenters. The summed E-state index contributed by atoms with van der Waals surface area (Å²) in [6, 6.07) is 8.37. The van der Waals surface area contributed by atoms with Crippen LogP contribution in [0, 0.1) is 0 Å². The first-order valence-corrected chi connectivity index (χ1v) is 7.09. The van der Waals surface area contributed by atoms with Crippen molar-refractivity contribution in [1.82, 2.24) is 10.6 Å². The van der Waals surface area contributed by atoms with Gasteiger partial charge in [-0.05, 0) is 30.9 Å². The Balaban J connectivity index is 1.52. The summed E-state index contributed by atoms with van der Waals surface area (Å²) in [4.78, 5) is 11.9. The number of hydrogen-bond donors (Lipinski definition) is 2. The van der Waals surface area contributed by atoms with Crippen LogP contribution in [0.3, 0.4) is 0 Å². The third kappa shape index (κ3) is 3.00. The van der Waals surface area contributed by atoms with E-state index >= 15 is 0 Å². The summed E-state index contributed by atoms with van der Waals surface area (Å²) in [6.07, 6.45) is 5.51. The van der Waals surface area contributed by atoms with Crippen molar-refractivity contribution in [3.8, 4) is 5.75 Å². The van der Waals surface area contributed by atoms with Crippen LogP contribution in [-0.4, -0.2) is 24.7 Å². The highest BCUT2D eigenvalue weighted by molar-refractivity contribution is 5.74. The number of para-hydroxylation sites is 1. The summed E-state index contributed by atoms with van der Waals surface area (Å²) < 4.78 is 5.66. The molecular formula is C15H20N2O2. The molecule has 4 nitrogen and oxygen atoms in total. The maximum atomic E-state index is 11.9. The number of nitrogens with one attached hydrogen (secondary N) is 2. The molecule has 1 aromatic rings. The highest BCUT2D eigenvalue weighted by Crippen LogP contribution is 2.24. The number of benzene rings is 1. The molecule has 0 spiro atoms. The van der Waals surface area contributed by atoms with Crippen molar-refractivity contribution >= 4 is 6.03 Å². The molecule has 1 saturated carbocycles. The summed E-state index contributed by atoms with van der Waals surface area (Å²) in [6.45, 7) is 0.551. The molecule has 19 heavy (non-hydrogen) atoms. The van der Waals surface area contributed by atoms with Gasteiger partial charge < -0.3 is 15.4 Å². The van der Waals surface area contributed by atoms with Gasteiger partial charge in [0.25, 0.3) is 0 Å². The molecule has 0 radical (unpaired) electrons. The van der Waals surface area contributed by atoms with Gasteiger partial charge in [-0.15, -0.1) is 0 Å². The minimum atomic E-state index is -0.0557. The zero-order valence-electron chi connectivity index (χ0n) is 11.0. The molecule has 1 aliphatic heterocycles. The molecular weight excluding hydrogens is 240 g/mol. The van der Waals surface area contributed by atoms with Gasteiger partial charge in [-0.2, -0.15) is 0 Å². The average Bonchev–Trinajstić information content (AvgIpc) is 2.91. The Morgan fingerprint density at radius 3 is 2.68 bits per heavy atom. The largest absolute Gasteiger partial charge is 0.491 e. The highest BCUT2D eigenvalue weighted by Gasteiger charge is 2.23. The van der Waals surface area contributed by atoms with E-state index in [9.17, 15) is 4.79 Å². The number of fused-ring (bicyclic) bond motifs is 1. The van der Waals surface area contributed by atoms with Crippen LogP contribution in [0.2, 0.25) is 0 Å². The predicted molar refractivity (Wildman–Crippen MR) is 73.4 cm³/mol. The SMILES string of the molecule is O=C(NC1CCCC1)NC1COc2ccccc2C1. The molecule has 4 heteroatoms. The minimum absolute atomic E-state index is 0.0557. The Morgan fingerprint density at radius 1 is 1.11 bits per heavy atom. The van der Waals surface area contributed by atoms with Crippen LogP contribution >= 0.6 is 0 Å². The van der Waals surface area contributed by atoms with Gasteiger partial charge in [0.15, 0.2) is 0 Å². The number of hydrogen-bond acceptors (Lipinski definition) is 2. The predicted octanol–water partition coefficient (Wildman–Crippen LogP) is 2.23. The molecule has 1 fully saturated rings. The van der Waals surface area contributed by atoms with Gasteiger partial charge in [0.05, 0.1) is 6.04 Å². The fourth-order valence-corrected chi connectivity index (χ4v) is 2.90. The molecule has 3 rings (SSSR count). The minimum Gasteiger partial charge on any atom is -0.491 e. The Labute approximate surface area is 113 Å². The number of urea groups is 1. The van der Waals surface area contributed by atoms with E-state index in [1.807, 2.05) is 18.2 Å². The van der Waals surface area contributed by atoms with Crippen LogP contribution in [-0.2, 0) is 6.42 Å². The van der Waals surface area contributed by atoms with E-state index in [4.69, 9.17) is 4.74 Å². The van der Waals surface area contributed by atoms with Crippen molar-refractivity contribution in [2.75, 3.05) is 6.61 Å². The lowest BCUT2D eigenvalue weighted by Crippen LogP contribution is -2.49. The van der Waals surface area contributed by atoms with Crippen molar-refractivity contribution in [2.24, 2.45) is 0 Å². The molecule has 1 unspecified atom stereocenters. The van der Waals surface area contributed by atoms with Crippen LogP contribution < -0.4 is 15.4 Å². The van der Waals surface area contributed by atoms with Crippen molar-refractivity contribution in [3.05, 3.63) is 29.8 Å². The maximum Gasteiger partial charge on any atom is 0.315 e. The second-order valence-corrected chi connectivity index (χ2v) is 5.42. The van der Waals surface area contributed by atoms with Crippen molar-refractivity contribution in [2.45, 2.75) is 44.2 Å². The molecule has 1 aromatic carbocycles. The first kappa shape index (κ1) is 12.3. The molecule has 2 amide bonds. The average molecular weight is 260 g/mol. The summed E-state index contributed by atoms with van der Waals surface area (Å²) in [5, 5.41) is 6.06. The lowest BCUT2D eigenvalue weighted by Gasteiger charge is -2.26. The van der Waals surface area contributed by atoms with E-state index < -0.39 is 0 Å². The van der Waals surface area contributed by atoms with Crippen molar-refractivity contribution in [1.29, 1.82) is 0 Å². The fourth-order valence-electron chi connectivity index (χ4n) is 2.90. The van der Waals surface area contributed by atoms with Gasteiger partial charge in [-0.25, -0.2) is 4.79 Å². The van der Waals surface area contributed by atoms with E-state index in [0.717, 1.165) is 25.0 Å². The number of carbonyl (C=O) groups excluding carboxylic acids is 1. The molecule has 1 aliphatic carbocycles. The van der Waals surface area contributed by atoms with Gasteiger partial charge in [0.2, 0.25) is 0 Å². The normalized spacial score (nSPS) is 22.4. The summed E-state index contributed by atoms with van der Waals surface area (Å²) in [5.41, 5.74) is 1.17. The summed E-state index contributed by atoms with van der Waals surface area (Å²) in [5.74, 6) is 0.941. The summed E-state index contributed by atoms with van der Waals surface area (Å²) >= 11 is 0. The van der Waals surface area contributed by atoms with Crippen LogP contribution in [0.1, 0.15) is 31.2 Å². The zero-order chi connectivity index (χ0) is 13.1. The van der Waals surface area contributed by atoms with Crippen molar-refractivity contribution in [3.63, 3.8) is 0 Å². The molecule has 2 N–H and O–H groups in total. The van der Waals surface area contributed by atoms with Gasteiger partial charge in [0.1, 0.15) is 12.4 Å². The van der Waals surface area contributed by atoms with Crippen LogP contribution in [0.4, 0.5) is 4.79 Å². The summed E-state index contributed by atoms with van der Waals surface area (Å²) in [7, 11) is 0. The first-order valence-electron chi connectivity index (χ1n) is 7.09. The molecule has 0 bridgehead atoms. The fraction of sp³-hybridized carbons (Fsp3) is 0.533. The highest BCUT2D eigenvalue weighted by atomic mass is 16.5. The molecule has 1 heterocycles. The van der Waals surface area contributed by atoms with E-state index in [1.54, 1.807) is 0 Å². The van der Waals surface area contributed by atoms with Gasteiger partial charge >= 0.3 is 6.03 Å². The number of carbonyl (C=O) groups is 1. The van der Waals surface area contributed by atoms with E-state index in [0.29, 0.717) is 12.6 Å². The van der Waals surface area contributed by atoms with Gasteiger partial charge in [-0.1, -0.05) is 31.0 Å². The van der Waals surface area contributed by atoms with E-state index in [1.165, 1.54) is 18.4 Å². The Kier molecular flexibility index (Phi) is 3.58. The van der Waals surface area contributed by atoms with Crippen molar-refractivity contribution < 1.29 is 9.53 Å². The van der Waals surface area contributed by atoms with Gasteiger partial charge in [0, 0.05) is 6.04 Å². The lowest BCUT2D eigenvalue weighted by atomic mass is 10.0. The van der Waals surface area contributed by atoms with Crippen LogP contribution in [0.5, 0.6) is 5.75 Å². The monoisotopic (exact) mass is 260 g/mol. The van der Waals surface area contributed by atoms with Crippen LogP contribution in [0.15, 0.2) is 24.3 Å². The molecule has 0 aromatic heterocycles. The first-order chi connectivity index (χ1) is 9.31. The molecule has 2 aliphatic rings. The quantitative estimate of drug-likeness (QED) is 0.856. The molecule has 102 valence electrons. The Bertz CT molecular complexity index is 455. The second-order valence-electron chi connectivity index (χ2n) is 5.42. The second kappa shape index (κ2) is 5.51. The number of ether oxygens (including phenoxy) is 1. The maximum absolute atomic E-state index is 11.9. The Hall–Kier alpha value is -1.71.